The Bertz CT molecular complexity index is 1490. The third-order valence-electron chi connectivity index (χ3n) is 5.30. The minimum absolute atomic E-state index is 0.271. The van der Waals surface area contributed by atoms with Gasteiger partial charge < -0.3 is 9.84 Å². The maximum Gasteiger partial charge on any atom is 0.259 e. The van der Waals surface area contributed by atoms with Crippen LogP contribution in [0, 0.1) is 27.7 Å². The van der Waals surface area contributed by atoms with Crippen LogP contribution in [0.15, 0.2) is 28.9 Å². The Morgan fingerprint density at radius 3 is 2.68 bits per heavy atom. The summed E-state index contributed by atoms with van der Waals surface area (Å²) in [6, 6.07) is 5.76. The van der Waals surface area contributed by atoms with Crippen molar-refractivity contribution in [2.75, 3.05) is 5.32 Å². The fourth-order valence-corrected chi connectivity index (χ4v) is 4.80. The van der Waals surface area contributed by atoms with Crippen LogP contribution in [0.3, 0.4) is 0 Å². The van der Waals surface area contributed by atoms with Gasteiger partial charge in [-0.2, -0.15) is 5.10 Å². The van der Waals surface area contributed by atoms with E-state index in [4.69, 9.17) is 4.52 Å². The molecule has 8 nitrogen and oxygen atoms in total. The van der Waals surface area contributed by atoms with Crippen LogP contribution in [0.25, 0.3) is 33.4 Å². The zero-order chi connectivity index (χ0) is 21.9. The summed E-state index contributed by atoms with van der Waals surface area (Å²) in [5.41, 5.74) is 5.32. The number of nitrogens with zero attached hydrogens (tertiary/aromatic N) is 5. The van der Waals surface area contributed by atoms with Gasteiger partial charge in [0, 0.05) is 27.8 Å². The summed E-state index contributed by atoms with van der Waals surface area (Å²) in [6.07, 6.45) is 1.63. The first-order valence-corrected chi connectivity index (χ1v) is 10.6. The van der Waals surface area contributed by atoms with Gasteiger partial charge in [0.05, 0.1) is 39.9 Å². The number of carbonyl (C=O) groups excluding carboxylic acids is 1. The molecule has 0 radical (unpaired) electrons. The van der Waals surface area contributed by atoms with E-state index < -0.39 is 0 Å². The van der Waals surface area contributed by atoms with Crippen LogP contribution >= 0.6 is 11.3 Å². The largest absolute Gasteiger partial charge is 0.335 e. The number of anilines is 1. The van der Waals surface area contributed by atoms with E-state index in [9.17, 15) is 4.79 Å². The first-order valence-electron chi connectivity index (χ1n) is 9.77. The second-order valence-corrected chi connectivity index (χ2v) is 9.05. The molecule has 0 atom stereocenters. The Morgan fingerprint density at radius 2 is 1.94 bits per heavy atom. The molecule has 0 unspecified atom stereocenters. The van der Waals surface area contributed by atoms with E-state index in [0.29, 0.717) is 33.7 Å². The molecule has 5 aromatic rings. The number of rotatable bonds is 3. The number of fused-ring (bicyclic) bond motifs is 2. The van der Waals surface area contributed by atoms with Crippen LogP contribution in [0.5, 0.6) is 0 Å². The smallest absolute Gasteiger partial charge is 0.259 e. The monoisotopic (exact) mass is 432 g/mol. The van der Waals surface area contributed by atoms with Gasteiger partial charge in [-0.15, -0.1) is 11.3 Å². The highest BCUT2D eigenvalue weighted by Gasteiger charge is 2.21. The molecule has 1 amide bonds. The van der Waals surface area contributed by atoms with Gasteiger partial charge in [0.15, 0.2) is 5.65 Å². The lowest BCUT2D eigenvalue weighted by molar-refractivity contribution is 0.102. The zero-order valence-corrected chi connectivity index (χ0v) is 18.6. The van der Waals surface area contributed by atoms with E-state index in [1.807, 2.05) is 27.0 Å². The van der Waals surface area contributed by atoms with Crippen LogP contribution < -0.4 is 5.32 Å². The molecule has 5 heterocycles. The van der Waals surface area contributed by atoms with Crippen LogP contribution in [0.1, 0.15) is 31.5 Å². The van der Waals surface area contributed by atoms with Crippen LogP contribution in [0.2, 0.25) is 0 Å². The Balaban J connectivity index is 1.60. The molecule has 9 heteroatoms. The third-order valence-corrected chi connectivity index (χ3v) is 6.27. The lowest BCUT2D eigenvalue weighted by Crippen LogP contribution is -2.13. The number of thiophene rings is 1. The molecule has 0 aromatic carbocycles. The number of pyridine rings is 2. The number of hydrogen-bond donors (Lipinski definition) is 1. The molecular formula is C22H20N6O2S. The highest BCUT2D eigenvalue weighted by molar-refractivity contribution is 7.12. The van der Waals surface area contributed by atoms with Crippen molar-refractivity contribution in [3.05, 3.63) is 51.1 Å². The average molecular weight is 433 g/mol. The van der Waals surface area contributed by atoms with Crippen molar-refractivity contribution in [3.8, 4) is 11.3 Å². The van der Waals surface area contributed by atoms with E-state index in [2.05, 4.69) is 38.5 Å². The molecule has 1 N–H and O–H groups in total. The molecule has 0 aliphatic carbocycles. The van der Waals surface area contributed by atoms with E-state index in [1.165, 1.54) is 4.88 Å². The number of nitrogens with one attached hydrogen (secondary N) is 1. The standard InChI is InChI=1S/C22H20N6O2S/c1-10-6-16(13(4)31-10)18-8-17(19-12(3)27-30-22(19)25-18)21(29)24-14-7-15-11(2)26-28(5)20(15)23-9-14/h6-9H,1-5H3,(H,24,29). The van der Waals surface area contributed by atoms with Gasteiger partial charge >= 0.3 is 0 Å². The Labute approximate surface area is 181 Å². The Kier molecular flexibility index (Phi) is 4.37. The third kappa shape index (κ3) is 3.17. The van der Waals surface area contributed by atoms with E-state index in [1.54, 1.807) is 35.2 Å². The van der Waals surface area contributed by atoms with Gasteiger partial charge in [-0.1, -0.05) is 5.16 Å². The number of aryl methyl sites for hydroxylation is 5. The summed E-state index contributed by atoms with van der Waals surface area (Å²) in [4.78, 5) is 24.7. The van der Waals surface area contributed by atoms with Gasteiger partial charge in [0.2, 0.25) is 0 Å². The highest BCUT2D eigenvalue weighted by Crippen LogP contribution is 2.33. The predicted molar refractivity (Wildman–Crippen MR) is 121 cm³/mol. The summed E-state index contributed by atoms with van der Waals surface area (Å²) in [7, 11) is 1.85. The van der Waals surface area contributed by atoms with Crippen molar-refractivity contribution in [2.24, 2.45) is 7.05 Å². The zero-order valence-electron chi connectivity index (χ0n) is 17.8. The van der Waals surface area contributed by atoms with Gasteiger partial charge in [-0.3, -0.25) is 9.48 Å². The van der Waals surface area contributed by atoms with Crippen molar-refractivity contribution >= 4 is 45.1 Å². The molecule has 5 aromatic heterocycles. The van der Waals surface area contributed by atoms with E-state index in [0.717, 1.165) is 27.2 Å². The lowest BCUT2D eigenvalue weighted by atomic mass is 10.1. The summed E-state index contributed by atoms with van der Waals surface area (Å²) < 4.78 is 7.14. The topological polar surface area (TPSA) is 98.7 Å². The minimum Gasteiger partial charge on any atom is -0.335 e. The van der Waals surface area contributed by atoms with Crippen molar-refractivity contribution in [3.63, 3.8) is 0 Å². The van der Waals surface area contributed by atoms with Gasteiger partial charge in [0.1, 0.15) is 0 Å². The molecule has 0 saturated carbocycles. The first kappa shape index (κ1) is 19.4. The molecule has 0 aliphatic heterocycles. The number of amides is 1. The van der Waals surface area contributed by atoms with Gasteiger partial charge in [0.25, 0.3) is 11.6 Å². The molecule has 0 aliphatic rings. The summed E-state index contributed by atoms with van der Waals surface area (Å²) in [5, 5.41) is 12.9. The van der Waals surface area contributed by atoms with Crippen LogP contribution in [-0.2, 0) is 7.05 Å². The molecule has 0 spiro atoms. The van der Waals surface area contributed by atoms with Crippen LogP contribution in [0.4, 0.5) is 5.69 Å². The molecule has 156 valence electrons. The Morgan fingerprint density at radius 1 is 1.13 bits per heavy atom. The summed E-state index contributed by atoms with van der Waals surface area (Å²) in [6.45, 7) is 7.81. The Hall–Kier alpha value is -3.59. The quantitative estimate of drug-likeness (QED) is 0.443. The van der Waals surface area contributed by atoms with Crippen molar-refractivity contribution < 1.29 is 9.32 Å². The van der Waals surface area contributed by atoms with Crippen molar-refractivity contribution in [1.82, 2.24) is 24.9 Å². The fourth-order valence-electron chi connectivity index (χ4n) is 3.87. The maximum atomic E-state index is 13.3. The number of carbonyl (C=O) groups is 1. The molecule has 5 rings (SSSR count). The first-order chi connectivity index (χ1) is 14.8. The fraction of sp³-hybridized carbons (Fsp3) is 0.227. The van der Waals surface area contributed by atoms with Crippen molar-refractivity contribution in [1.29, 1.82) is 0 Å². The average Bonchev–Trinajstić information content (AvgIpc) is 3.36. The summed E-state index contributed by atoms with van der Waals surface area (Å²) >= 11 is 1.69. The molecular weight excluding hydrogens is 412 g/mol. The minimum atomic E-state index is -0.271. The molecule has 0 bridgehead atoms. The lowest BCUT2D eigenvalue weighted by Gasteiger charge is -2.08. The number of hydrogen-bond acceptors (Lipinski definition) is 7. The van der Waals surface area contributed by atoms with Gasteiger partial charge in [-0.25, -0.2) is 9.97 Å². The van der Waals surface area contributed by atoms with Gasteiger partial charge in [-0.05, 0) is 45.9 Å². The van der Waals surface area contributed by atoms with Crippen LogP contribution in [-0.4, -0.2) is 30.8 Å². The highest BCUT2D eigenvalue weighted by atomic mass is 32.1. The molecule has 0 fully saturated rings. The van der Waals surface area contributed by atoms with E-state index in [-0.39, 0.29) is 5.91 Å². The SMILES string of the molecule is Cc1cc(-c2cc(C(=O)Nc3cnc4c(c3)c(C)nn4C)c3c(C)noc3n2)c(C)s1. The second kappa shape index (κ2) is 6.98. The number of aromatic nitrogens is 5. The normalized spacial score (nSPS) is 11.5. The van der Waals surface area contributed by atoms with Crippen molar-refractivity contribution in [2.45, 2.75) is 27.7 Å². The van der Waals surface area contributed by atoms with E-state index >= 15 is 0 Å². The second-order valence-electron chi connectivity index (χ2n) is 7.59. The molecule has 31 heavy (non-hydrogen) atoms. The maximum absolute atomic E-state index is 13.3. The predicted octanol–water partition coefficient (Wildman–Crippen LogP) is 4.72. The summed E-state index contributed by atoms with van der Waals surface area (Å²) in [5.74, 6) is -0.271. The molecule has 0 saturated heterocycles.